The molecular weight excluding hydrogens is 489 g/mol. The van der Waals surface area contributed by atoms with E-state index in [9.17, 15) is 19.8 Å². The summed E-state index contributed by atoms with van der Waals surface area (Å²) in [5.74, 6) is -1.17. The summed E-state index contributed by atoms with van der Waals surface area (Å²) >= 11 is 0. The molecule has 23 heavy (non-hydrogen) atoms. The molecule has 0 rings (SSSR count). The van der Waals surface area contributed by atoms with E-state index in [2.05, 4.69) is 34.6 Å². The second-order valence-corrected chi connectivity index (χ2v) is 7.50. The summed E-state index contributed by atoms with van der Waals surface area (Å²) in [6.45, 7) is 10.9. The van der Waals surface area contributed by atoms with E-state index in [1.54, 1.807) is 0 Å². The number of unbranched alkanes of at least 4 members (excludes halogenated alkanes) is 3. The second kappa shape index (κ2) is 16.7. The summed E-state index contributed by atoms with van der Waals surface area (Å²) in [6.07, 6.45) is 7.37. The molecule has 0 bridgehead atoms. The van der Waals surface area contributed by atoms with Crippen LogP contribution in [0.25, 0.3) is 0 Å². The molecule has 2 radical (unpaired) electrons. The van der Waals surface area contributed by atoms with Gasteiger partial charge in [0.15, 0.2) is 0 Å². The quantitative estimate of drug-likeness (QED) is 0.324. The van der Waals surface area contributed by atoms with E-state index in [0.717, 1.165) is 38.5 Å². The predicted molar refractivity (Wildman–Crippen MR) is 93.0 cm³/mol. The maximum absolute atomic E-state index is 10.0. The van der Waals surface area contributed by atoms with Gasteiger partial charge in [-0.2, -0.15) is 0 Å². The number of rotatable bonds is 10. The molecule has 0 saturated carbocycles. The van der Waals surface area contributed by atoms with Gasteiger partial charge in [-0.05, 0) is 43.4 Å². The van der Waals surface area contributed by atoms with Crippen molar-refractivity contribution in [1.82, 2.24) is 0 Å². The minimum absolute atomic E-state index is 0. The Morgan fingerprint density at radius 3 is 1.61 bits per heavy atom. The summed E-state index contributed by atoms with van der Waals surface area (Å²) in [6, 6.07) is 0. The van der Waals surface area contributed by atoms with Crippen molar-refractivity contribution in [2.75, 3.05) is 0 Å². The second-order valence-electron chi connectivity index (χ2n) is 7.50. The molecule has 0 saturated heterocycles. The molecule has 0 heterocycles. The fourth-order valence-corrected chi connectivity index (χ4v) is 1.92. The predicted octanol–water partition coefficient (Wildman–Crippen LogP) is 2.04. The summed E-state index contributed by atoms with van der Waals surface area (Å²) in [7, 11) is 0. The van der Waals surface area contributed by atoms with E-state index in [1.165, 1.54) is 6.42 Å². The van der Waals surface area contributed by atoms with Crippen LogP contribution in [0.2, 0.25) is 0 Å². The Morgan fingerprint density at radius 2 is 1.26 bits per heavy atom. The van der Waals surface area contributed by atoms with Crippen LogP contribution in [0.4, 0.5) is 0 Å². The van der Waals surface area contributed by atoms with Gasteiger partial charge < -0.3 is 19.8 Å². The molecule has 0 aliphatic heterocycles. The first-order chi connectivity index (χ1) is 10.0. The maximum atomic E-state index is 10.0. The number of aliphatic carboxylic acids is 2. The van der Waals surface area contributed by atoms with Crippen molar-refractivity contribution in [2.24, 2.45) is 11.3 Å². The van der Waals surface area contributed by atoms with Gasteiger partial charge in [0, 0.05) is 11.9 Å². The van der Waals surface area contributed by atoms with Gasteiger partial charge in [-0.3, -0.25) is 0 Å². The third kappa shape index (κ3) is 34.3. The molecule has 0 atom stereocenters. The fourth-order valence-electron chi connectivity index (χ4n) is 1.92. The van der Waals surface area contributed by atoms with Crippen LogP contribution in [-0.4, -0.2) is 38.1 Å². The van der Waals surface area contributed by atoms with Crippen LogP contribution in [0, 0.1) is 11.3 Å². The molecule has 4 nitrogen and oxygen atoms in total. The molecule has 0 N–H and O–H groups in total. The number of hydrogen-bond donors (Lipinski definition) is 0. The van der Waals surface area contributed by atoms with Crippen molar-refractivity contribution in [3.63, 3.8) is 0 Å². The van der Waals surface area contributed by atoms with Crippen LogP contribution in [0.15, 0.2) is 0 Å². The molecule has 0 fully saturated rings. The molecule has 0 spiro atoms. The Morgan fingerprint density at radius 1 is 0.826 bits per heavy atom. The minimum atomic E-state index is -0.927. The van der Waals surface area contributed by atoms with Crippen LogP contribution < -0.4 is 10.2 Å². The molecule has 0 aromatic heterocycles. The van der Waals surface area contributed by atoms with Gasteiger partial charge in [-0.1, -0.05) is 60.3 Å². The van der Waals surface area contributed by atoms with E-state index in [1.807, 2.05) is 0 Å². The van der Waals surface area contributed by atoms with Crippen molar-refractivity contribution < 1.29 is 19.8 Å². The molecular formula is C18H35BiO4. The average Bonchev–Trinajstić information content (AvgIpc) is 2.33. The summed E-state index contributed by atoms with van der Waals surface area (Å²) in [4.78, 5) is 20.0. The first-order valence-corrected chi connectivity index (χ1v) is 8.44. The van der Waals surface area contributed by atoms with Gasteiger partial charge in [0.2, 0.25) is 0 Å². The van der Waals surface area contributed by atoms with E-state index in [4.69, 9.17) is 0 Å². The molecule has 0 aliphatic rings. The molecule has 0 aliphatic carbocycles. The summed E-state index contributed by atoms with van der Waals surface area (Å²) < 4.78 is 0. The Labute approximate surface area is 161 Å². The van der Waals surface area contributed by atoms with Gasteiger partial charge in [0.05, 0.1) is 0 Å². The van der Waals surface area contributed by atoms with Crippen molar-refractivity contribution >= 4 is 38.1 Å². The van der Waals surface area contributed by atoms with E-state index < -0.39 is 11.9 Å². The van der Waals surface area contributed by atoms with Gasteiger partial charge in [-0.25, -0.2) is 0 Å². The first-order valence-electron chi connectivity index (χ1n) is 8.44. The van der Waals surface area contributed by atoms with Crippen molar-refractivity contribution in [3.8, 4) is 0 Å². The standard InChI is InChI=1S/C10H20O2.C8H16O2.Bi.H/c1-10(2,3)8-6-4-5-7-9(11)12;1-7(2)5-3-4-6-8(9)10;;/h4-8H2,1-3H3,(H,11,12);7H,3-6H2,1-2H3,(H,9,10);;/q;;+2;/p-2. The number of carbonyl (C=O) groups is 2. The topological polar surface area (TPSA) is 80.3 Å². The first kappa shape index (κ1) is 27.7. The third-order valence-corrected chi connectivity index (χ3v) is 3.22. The Bertz CT molecular complexity index is 296. The van der Waals surface area contributed by atoms with Crippen LogP contribution in [-0.2, 0) is 9.59 Å². The van der Waals surface area contributed by atoms with E-state index in [-0.39, 0.29) is 39.0 Å². The average molecular weight is 524 g/mol. The molecule has 0 amide bonds. The van der Waals surface area contributed by atoms with Gasteiger partial charge in [0.25, 0.3) is 0 Å². The van der Waals surface area contributed by atoms with Crippen LogP contribution >= 0.6 is 0 Å². The van der Waals surface area contributed by atoms with Crippen LogP contribution in [0.1, 0.15) is 92.4 Å². The van der Waals surface area contributed by atoms with Gasteiger partial charge >= 0.3 is 26.2 Å². The number of hydrogen-bond acceptors (Lipinski definition) is 4. The molecule has 0 aromatic carbocycles. The summed E-state index contributed by atoms with van der Waals surface area (Å²) in [5, 5.41) is 20.0. The number of carboxylic acid groups (broad SMARTS) is 2. The van der Waals surface area contributed by atoms with Crippen molar-refractivity contribution in [1.29, 1.82) is 0 Å². The van der Waals surface area contributed by atoms with Crippen LogP contribution in [0.3, 0.4) is 0 Å². The zero-order chi connectivity index (χ0) is 17.6. The molecule has 0 unspecified atom stereocenters. The zero-order valence-electron chi connectivity index (χ0n) is 15.6. The third-order valence-electron chi connectivity index (χ3n) is 3.22. The Kier molecular flexibility index (Phi) is 20.1. The summed E-state index contributed by atoms with van der Waals surface area (Å²) in [5.41, 5.74) is 0.376. The SMILES string of the molecule is CC(C)(C)CCCCCC(=O)[O-].CC(C)CCCCC(=O)[O-].[BiH+2]. The molecule has 5 heteroatoms. The van der Waals surface area contributed by atoms with Crippen molar-refractivity contribution in [3.05, 3.63) is 0 Å². The van der Waals surface area contributed by atoms with E-state index >= 15 is 0 Å². The Balaban J connectivity index is -0.000000338. The van der Waals surface area contributed by atoms with Crippen LogP contribution in [0.5, 0.6) is 0 Å². The van der Waals surface area contributed by atoms with Crippen molar-refractivity contribution in [2.45, 2.75) is 92.4 Å². The zero-order valence-corrected chi connectivity index (χ0v) is 19.5. The van der Waals surface area contributed by atoms with E-state index in [0.29, 0.717) is 11.3 Å². The monoisotopic (exact) mass is 524 g/mol. The molecule has 136 valence electrons. The normalized spacial score (nSPS) is 10.5. The number of carbonyl (C=O) groups excluding carboxylic acids is 2. The Hall–Kier alpha value is -0.177. The number of carboxylic acids is 2. The molecule has 0 aromatic rings. The van der Waals surface area contributed by atoms with Gasteiger partial charge in [0.1, 0.15) is 0 Å². The van der Waals surface area contributed by atoms with Gasteiger partial charge in [-0.15, -0.1) is 0 Å². The fraction of sp³-hybridized carbons (Fsp3) is 0.889.